The molecule has 7 heteroatoms. The molecule has 1 aliphatic heterocycles. The zero-order valence-electron chi connectivity index (χ0n) is 13.6. The molecular formula is C16H25N3O4. The molecule has 128 valence electrons. The predicted octanol–water partition coefficient (Wildman–Crippen LogP) is 1.36. The van der Waals surface area contributed by atoms with Crippen molar-refractivity contribution in [3.05, 3.63) is 34.4 Å². The lowest BCUT2D eigenvalue weighted by Gasteiger charge is -2.23. The number of hydrogen-bond acceptors (Lipinski definition) is 6. The Morgan fingerprint density at radius 3 is 2.78 bits per heavy atom. The molecule has 0 radical (unpaired) electrons. The van der Waals surface area contributed by atoms with Crippen LogP contribution in [0.5, 0.6) is 5.75 Å². The standard InChI is InChI=1S/C16H25N3O4/c1-2-17-7-4-8-18(10-9-17)12-15(20)13-23-16-6-3-5-14(11-16)19(21)22/h3,5-6,11,15,20H,2,4,7-10,12-13H2,1H3. The molecule has 1 heterocycles. The zero-order valence-corrected chi connectivity index (χ0v) is 13.6. The summed E-state index contributed by atoms with van der Waals surface area (Å²) in [6.45, 7) is 7.97. The quantitative estimate of drug-likeness (QED) is 0.603. The van der Waals surface area contributed by atoms with Crippen molar-refractivity contribution < 1.29 is 14.8 Å². The molecule has 0 spiro atoms. The molecule has 1 unspecified atom stereocenters. The van der Waals surface area contributed by atoms with Crippen LogP contribution in [0.4, 0.5) is 5.69 Å². The Balaban J connectivity index is 1.77. The van der Waals surface area contributed by atoms with Crippen molar-refractivity contribution in [2.24, 2.45) is 0 Å². The van der Waals surface area contributed by atoms with Gasteiger partial charge in [0.1, 0.15) is 18.5 Å². The summed E-state index contributed by atoms with van der Waals surface area (Å²) < 4.78 is 5.48. The smallest absolute Gasteiger partial charge is 0.273 e. The number of non-ortho nitro benzene ring substituents is 1. The van der Waals surface area contributed by atoms with Gasteiger partial charge in [-0.25, -0.2) is 0 Å². The van der Waals surface area contributed by atoms with Crippen molar-refractivity contribution in [1.82, 2.24) is 9.80 Å². The Morgan fingerprint density at radius 1 is 1.30 bits per heavy atom. The molecule has 1 N–H and O–H groups in total. The molecule has 0 aliphatic carbocycles. The van der Waals surface area contributed by atoms with E-state index in [0.29, 0.717) is 12.3 Å². The van der Waals surface area contributed by atoms with Crippen LogP contribution in [0.25, 0.3) is 0 Å². The maximum atomic E-state index is 10.7. The summed E-state index contributed by atoms with van der Waals surface area (Å²) in [5.41, 5.74) is -0.0100. The highest BCUT2D eigenvalue weighted by Crippen LogP contribution is 2.19. The first-order valence-corrected chi connectivity index (χ1v) is 8.08. The first kappa shape index (κ1) is 17.7. The van der Waals surface area contributed by atoms with E-state index in [1.807, 2.05) is 0 Å². The maximum absolute atomic E-state index is 10.7. The van der Waals surface area contributed by atoms with Crippen LogP contribution in [0.2, 0.25) is 0 Å². The minimum Gasteiger partial charge on any atom is -0.491 e. The molecule has 23 heavy (non-hydrogen) atoms. The molecule has 1 aromatic carbocycles. The second-order valence-electron chi connectivity index (χ2n) is 5.81. The van der Waals surface area contributed by atoms with Crippen molar-refractivity contribution >= 4 is 5.69 Å². The molecule has 0 saturated carbocycles. The van der Waals surface area contributed by atoms with Crippen molar-refractivity contribution in [1.29, 1.82) is 0 Å². The topological polar surface area (TPSA) is 79.1 Å². The van der Waals surface area contributed by atoms with Gasteiger partial charge in [-0.1, -0.05) is 13.0 Å². The van der Waals surface area contributed by atoms with E-state index in [4.69, 9.17) is 4.74 Å². The number of benzene rings is 1. The van der Waals surface area contributed by atoms with E-state index >= 15 is 0 Å². The van der Waals surface area contributed by atoms with E-state index in [-0.39, 0.29) is 12.3 Å². The minimum atomic E-state index is -0.609. The Morgan fingerprint density at radius 2 is 2.04 bits per heavy atom. The Bertz CT molecular complexity index is 512. The van der Waals surface area contributed by atoms with Gasteiger partial charge >= 0.3 is 0 Å². The van der Waals surface area contributed by atoms with Crippen LogP contribution in [0.15, 0.2) is 24.3 Å². The van der Waals surface area contributed by atoms with E-state index in [9.17, 15) is 15.2 Å². The Kier molecular flexibility index (Phi) is 6.76. The van der Waals surface area contributed by atoms with Gasteiger partial charge in [0.25, 0.3) is 5.69 Å². The fourth-order valence-corrected chi connectivity index (χ4v) is 2.75. The Labute approximate surface area is 136 Å². The highest BCUT2D eigenvalue weighted by atomic mass is 16.6. The number of aliphatic hydroxyl groups is 1. The first-order chi connectivity index (χ1) is 11.1. The van der Waals surface area contributed by atoms with Gasteiger partial charge in [0.2, 0.25) is 0 Å². The van der Waals surface area contributed by atoms with Gasteiger partial charge < -0.3 is 14.7 Å². The summed E-state index contributed by atoms with van der Waals surface area (Å²) in [5, 5.41) is 20.9. The van der Waals surface area contributed by atoms with Crippen LogP contribution >= 0.6 is 0 Å². The summed E-state index contributed by atoms with van der Waals surface area (Å²) in [4.78, 5) is 14.9. The number of β-amino-alcohol motifs (C(OH)–C–C–N with tert-alkyl or cyclic N) is 1. The number of likely N-dealkylation sites (N-methyl/N-ethyl adjacent to an activating group) is 1. The van der Waals surface area contributed by atoms with E-state index in [1.54, 1.807) is 12.1 Å². The van der Waals surface area contributed by atoms with Crippen molar-refractivity contribution in [3.8, 4) is 5.75 Å². The second kappa shape index (κ2) is 8.81. The highest BCUT2D eigenvalue weighted by Gasteiger charge is 2.17. The van der Waals surface area contributed by atoms with Crippen LogP contribution in [0.1, 0.15) is 13.3 Å². The number of aliphatic hydroxyl groups excluding tert-OH is 1. The van der Waals surface area contributed by atoms with Crippen LogP contribution in [-0.2, 0) is 0 Å². The van der Waals surface area contributed by atoms with Crippen LogP contribution in [0, 0.1) is 10.1 Å². The number of nitro groups is 1. The molecular weight excluding hydrogens is 298 g/mol. The molecule has 0 aromatic heterocycles. The maximum Gasteiger partial charge on any atom is 0.273 e. The molecule has 1 atom stereocenters. The number of rotatable bonds is 7. The average Bonchev–Trinajstić information content (AvgIpc) is 2.78. The summed E-state index contributed by atoms with van der Waals surface area (Å²) in [5.74, 6) is 0.409. The summed E-state index contributed by atoms with van der Waals surface area (Å²) in [6.07, 6.45) is 0.495. The second-order valence-corrected chi connectivity index (χ2v) is 5.81. The normalized spacial score (nSPS) is 18.3. The molecule has 2 rings (SSSR count). The lowest BCUT2D eigenvalue weighted by molar-refractivity contribution is -0.384. The number of nitro benzene ring substituents is 1. The third-order valence-electron chi connectivity index (χ3n) is 4.07. The lowest BCUT2D eigenvalue weighted by atomic mass is 10.3. The number of hydrogen-bond donors (Lipinski definition) is 1. The van der Waals surface area contributed by atoms with Crippen LogP contribution < -0.4 is 4.74 Å². The van der Waals surface area contributed by atoms with Crippen molar-refractivity contribution in [2.75, 3.05) is 45.9 Å². The number of nitrogens with zero attached hydrogens (tertiary/aromatic N) is 3. The molecule has 0 amide bonds. The van der Waals surface area contributed by atoms with E-state index in [2.05, 4.69) is 16.7 Å². The SMILES string of the molecule is CCN1CCCN(CC(O)COc2cccc([N+](=O)[O-])c2)CC1. The van der Waals surface area contributed by atoms with E-state index < -0.39 is 11.0 Å². The zero-order chi connectivity index (χ0) is 16.7. The van der Waals surface area contributed by atoms with E-state index in [1.165, 1.54) is 12.1 Å². The van der Waals surface area contributed by atoms with E-state index in [0.717, 1.165) is 39.1 Å². The van der Waals surface area contributed by atoms with Crippen molar-refractivity contribution in [3.63, 3.8) is 0 Å². The Hall–Kier alpha value is -1.70. The largest absolute Gasteiger partial charge is 0.491 e. The fourth-order valence-electron chi connectivity index (χ4n) is 2.75. The molecule has 1 aromatic rings. The molecule has 0 bridgehead atoms. The lowest BCUT2D eigenvalue weighted by Crippen LogP contribution is -2.38. The van der Waals surface area contributed by atoms with Gasteiger partial charge in [0, 0.05) is 25.7 Å². The van der Waals surface area contributed by atoms with Gasteiger partial charge in [-0.2, -0.15) is 0 Å². The van der Waals surface area contributed by atoms with Crippen LogP contribution in [0.3, 0.4) is 0 Å². The molecule has 1 fully saturated rings. The average molecular weight is 323 g/mol. The van der Waals surface area contributed by atoms with Gasteiger partial charge in [-0.05, 0) is 32.1 Å². The monoisotopic (exact) mass is 323 g/mol. The fraction of sp³-hybridized carbons (Fsp3) is 0.625. The summed E-state index contributed by atoms with van der Waals surface area (Å²) >= 11 is 0. The third kappa shape index (κ3) is 5.78. The van der Waals surface area contributed by atoms with Gasteiger partial charge in [-0.15, -0.1) is 0 Å². The molecule has 1 saturated heterocycles. The van der Waals surface area contributed by atoms with Gasteiger partial charge in [0.15, 0.2) is 0 Å². The highest BCUT2D eigenvalue weighted by molar-refractivity contribution is 5.37. The third-order valence-corrected chi connectivity index (χ3v) is 4.07. The first-order valence-electron chi connectivity index (χ1n) is 8.08. The van der Waals surface area contributed by atoms with Gasteiger partial charge in [0.05, 0.1) is 11.0 Å². The summed E-state index contributed by atoms with van der Waals surface area (Å²) in [6, 6.07) is 6.02. The van der Waals surface area contributed by atoms with Crippen molar-refractivity contribution in [2.45, 2.75) is 19.4 Å². The molecule has 1 aliphatic rings. The number of ether oxygens (including phenoxy) is 1. The van der Waals surface area contributed by atoms with Gasteiger partial charge in [-0.3, -0.25) is 15.0 Å². The van der Waals surface area contributed by atoms with Crippen LogP contribution in [-0.4, -0.2) is 71.8 Å². The summed E-state index contributed by atoms with van der Waals surface area (Å²) in [7, 11) is 0. The molecule has 7 nitrogen and oxygen atoms in total. The predicted molar refractivity (Wildman–Crippen MR) is 87.8 cm³/mol. The minimum absolute atomic E-state index is 0.0100.